The van der Waals surface area contributed by atoms with Gasteiger partial charge >= 0.3 is 17.8 Å². The number of nitrogens with one attached hydrogen (secondary N) is 1. The molecule has 0 saturated heterocycles. The maximum Gasteiger partial charge on any atom is 0.371 e. The van der Waals surface area contributed by atoms with E-state index >= 15 is 0 Å². The summed E-state index contributed by atoms with van der Waals surface area (Å²) in [6.45, 7) is 1.17. The fraction of sp³-hybridized carbons (Fsp3) is 0.227. The molecule has 0 spiro atoms. The van der Waals surface area contributed by atoms with Crippen molar-refractivity contribution in [3.05, 3.63) is 74.4 Å². The van der Waals surface area contributed by atoms with Crippen LogP contribution in [-0.4, -0.2) is 57.9 Å². The summed E-state index contributed by atoms with van der Waals surface area (Å²) < 4.78 is 56.0. The van der Waals surface area contributed by atoms with Crippen LogP contribution >= 0.6 is 27.5 Å². The highest BCUT2D eigenvalue weighted by molar-refractivity contribution is 9.10. The summed E-state index contributed by atoms with van der Waals surface area (Å²) in [5, 5.41) is 26.2. The minimum atomic E-state index is -4.68. The van der Waals surface area contributed by atoms with Gasteiger partial charge in [-0.3, -0.25) is 4.79 Å². The van der Waals surface area contributed by atoms with Gasteiger partial charge in [-0.15, -0.1) is 10.2 Å². The summed E-state index contributed by atoms with van der Waals surface area (Å²) in [5.41, 5.74) is 0.108. The number of aryl methyl sites for hydroxylation is 1. The van der Waals surface area contributed by atoms with Crippen molar-refractivity contribution in [3.8, 4) is 5.82 Å². The number of hydrogen-bond donors (Lipinski definition) is 2. The Kier molecular flexibility index (Phi) is 7.44. The number of rotatable bonds is 8. The van der Waals surface area contributed by atoms with E-state index in [1.165, 1.54) is 30.5 Å². The van der Waals surface area contributed by atoms with Gasteiger partial charge in [0.2, 0.25) is 5.82 Å². The molecular formula is C22H16BrClF4N8O3. The number of tetrazole rings is 1. The summed E-state index contributed by atoms with van der Waals surface area (Å²) in [4.78, 5) is 29.9. The molecule has 3 heterocycles. The first-order valence-corrected chi connectivity index (χ1v) is 11.9. The highest BCUT2D eigenvalue weighted by Gasteiger charge is 2.57. The summed E-state index contributed by atoms with van der Waals surface area (Å²) >= 11 is 9.45. The Morgan fingerprint density at radius 1 is 1.18 bits per heavy atom. The minimum Gasteiger partial charge on any atom is -0.478 e. The Bertz CT molecular complexity index is 1590. The van der Waals surface area contributed by atoms with E-state index in [9.17, 15) is 32.3 Å². The molecule has 0 aliphatic heterocycles. The number of nitrogens with zero attached hydrogens (tertiary/aromatic N) is 7. The van der Waals surface area contributed by atoms with Crippen molar-refractivity contribution < 1.29 is 32.3 Å². The molecule has 17 heteroatoms. The van der Waals surface area contributed by atoms with Crippen molar-refractivity contribution in [2.75, 3.05) is 5.32 Å². The van der Waals surface area contributed by atoms with Crippen LogP contribution in [0.5, 0.6) is 0 Å². The second kappa shape index (κ2) is 10.3. The lowest BCUT2D eigenvalue weighted by atomic mass is 10.1. The Morgan fingerprint density at radius 3 is 2.54 bits per heavy atom. The highest BCUT2D eigenvalue weighted by atomic mass is 79.9. The Morgan fingerprint density at radius 2 is 1.90 bits per heavy atom. The molecule has 0 saturated carbocycles. The van der Waals surface area contributed by atoms with Crippen molar-refractivity contribution in [2.45, 2.75) is 32.2 Å². The van der Waals surface area contributed by atoms with Gasteiger partial charge in [0.1, 0.15) is 12.2 Å². The zero-order valence-electron chi connectivity index (χ0n) is 19.8. The van der Waals surface area contributed by atoms with Crippen molar-refractivity contribution in [3.63, 3.8) is 0 Å². The molecule has 11 nitrogen and oxygen atoms in total. The summed E-state index contributed by atoms with van der Waals surface area (Å²) in [5.74, 6) is -12.7. The van der Waals surface area contributed by atoms with Crippen LogP contribution in [0.1, 0.15) is 44.9 Å². The Balaban J connectivity index is 1.74. The predicted molar refractivity (Wildman–Crippen MR) is 132 cm³/mol. The number of pyridine rings is 1. The third-order valence-electron chi connectivity index (χ3n) is 5.29. The van der Waals surface area contributed by atoms with Gasteiger partial charge in [-0.2, -0.15) is 27.5 Å². The number of benzene rings is 1. The van der Waals surface area contributed by atoms with Crippen LogP contribution in [0, 0.1) is 6.92 Å². The first-order chi connectivity index (χ1) is 18.2. The number of anilines is 1. The zero-order valence-corrected chi connectivity index (χ0v) is 22.2. The minimum absolute atomic E-state index is 0.0161. The van der Waals surface area contributed by atoms with Gasteiger partial charge in [0.05, 0.1) is 22.0 Å². The molecule has 0 aliphatic carbocycles. The fourth-order valence-electron chi connectivity index (χ4n) is 3.40. The summed E-state index contributed by atoms with van der Waals surface area (Å²) in [6.07, 6.45) is 1.38. The van der Waals surface area contributed by atoms with Gasteiger partial charge in [0, 0.05) is 17.6 Å². The molecule has 4 rings (SSSR count). The monoisotopic (exact) mass is 630 g/mol. The van der Waals surface area contributed by atoms with E-state index in [0.717, 1.165) is 4.68 Å². The molecule has 0 radical (unpaired) electrons. The smallest absolute Gasteiger partial charge is 0.371 e. The zero-order chi connectivity index (χ0) is 28.7. The molecule has 39 heavy (non-hydrogen) atoms. The van der Waals surface area contributed by atoms with Crippen molar-refractivity contribution in [1.82, 2.24) is 35.0 Å². The van der Waals surface area contributed by atoms with Gasteiger partial charge in [-0.05, 0) is 48.0 Å². The van der Waals surface area contributed by atoms with E-state index in [-0.39, 0.29) is 40.4 Å². The van der Waals surface area contributed by atoms with Crippen LogP contribution in [0.4, 0.5) is 23.2 Å². The number of carboxylic acids is 1. The third-order valence-corrected chi connectivity index (χ3v) is 6.04. The van der Waals surface area contributed by atoms with E-state index in [1.54, 1.807) is 13.0 Å². The predicted octanol–water partition coefficient (Wildman–Crippen LogP) is 4.72. The number of alkyl halides is 4. The largest absolute Gasteiger partial charge is 0.478 e. The van der Waals surface area contributed by atoms with Crippen LogP contribution in [0.3, 0.4) is 0 Å². The Labute approximate surface area is 229 Å². The van der Waals surface area contributed by atoms with Crippen molar-refractivity contribution in [1.29, 1.82) is 0 Å². The average molecular weight is 632 g/mol. The molecule has 0 bridgehead atoms. The number of carboxylic acid groups (broad SMARTS) is 1. The molecule has 3 aromatic heterocycles. The van der Waals surface area contributed by atoms with Crippen molar-refractivity contribution in [2.24, 2.45) is 0 Å². The normalized spacial score (nSPS) is 12.0. The van der Waals surface area contributed by atoms with Gasteiger partial charge in [0.25, 0.3) is 5.91 Å². The second-order valence-corrected chi connectivity index (χ2v) is 9.58. The topological polar surface area (TPSA) is 141 Å². The number of aromatic nitrogens is 7. The SMILES string of the molecule is Cc1cc(Br)cc(C(=O)O)c1NC(=O)c1cc(Cn2nnc(C(F)(F)C(C)(F)F)n2)nn1-c1ncccc1Cl. The van der Waals surface area contributed by atoms with Crippen LogP contribution in [0.2, 0.25) is 5.02 Å². The van der Waals surface area contributed by atoms with E-state index in [4.69, 9.17) is 11.6 Å². The molecule has 1 aromatic carbocycles. The molecule has 4 aromatic rings. The molecule has 1 amide bonds. The fourth-order valence-corrected chi connectivity index (χ4v) is 4.17. The molecule has 0 aliphatic rings. The lowest BCUT2D eigenvalue weighted by molar-refractivity contribution is -0.209. The molecule has 204 valence electrons. The number of halogens is 6. The summed E-state index contributed by atoms with van der Waals surface area (Å²) in [6, 6.07) is 7.15. The van der Waals surface area contributed by atoms with Gasteiger partial charge in [-0.25, -0.2) is 14.5 Å². The maximum atomic E-state index is 13.9. The quantitative estimate of drug-likeness (QED) is 0.266. The Hall–Kier alpha value is -3.92. The lowest BCUT2D eigenvalue weighted by Gasteiger charge is -2.18. The van der Waals surface area contributed by atoms with Crippen LogP contribution < -0.4 is 5.32 Å². The molecule has 0 atom stereocenters. The summed E-state index contributed by atoms with van der Waals surface area (Å²) in [7, 11) is 0. The number of hydrogen-bond acceptors (Lipinski definition) is 7. The standard InChI is InChI=1S/C22H16BrClF4N8O3/c1-10-6-11(23)7-13(19(38)39)16(10)30-18(37)15-8-12(32-36(15)17-14(24)4-3-5-29-17)9-35-33-20(31-34-35)22(27,28)21(2,25)26/h3-8H,9H2,1-2H3,(H,30,37)(H,38,39). The van der Waals surface area contributed by atoms with E-state index in [1.807, 2.05) is 0 Å². The number of amides is 1. The first-order valence-electron chi connectivity index (χ1n) is 10.8. The lowest BCUT2D eigenvalue weighted by Crippen LogP contribution is -2.36. The van der Waals surface area contributed by atoms with Crippen molar-refractivity contribution >= 4 is 45.1 Å². The third kappa shape index (κ3) is 5.61. The second-order valence-electron chi connectivity index (χ2n) is 8.25. The average Bonchev–Trinajstić information content (AvgIpc) is 3.48. The molecule has 0 fully saturated rings. The van der Waals surface area contributed by atoms with Gasteiger partial charge in [-0.1, -0.05) is 27.5 Å². The number of aromatic carboxylic acids is 1. The maximum absolute atomic E-state index is 13.9. The number of carbonyl (C=O) groups excluding carboxylic acids is 1. The molecular weight excluding hydrogens is 616 g/mol. The first kappa shape index (κ1) is 28.1. The highest BCUT2D eigenvalue weighted by Crippen LogP contribution is 2.40. The number of carbonyl (C=O) groups is 2. The van der Waals surface area contributed by atoms with Gasteiger partial charge < -0.3 is 10.4 Å². The van der Waals surface area contributed by atoms with E-state index < -0.39 is 36.1 Å². The van der Waals surface area contributed by atoms with Crippen LogP contribution in [-0.2, 0) is 12.5 Å². The van der Waals surface area contributed by atoms with Crippen LogP contribution in [0.15, 0.2) is 41.0 Å². The van der Waals surface area contributed by atoms with Gasteiger partial charge in [0.15, 0.2) is 5.82 Å². The van der Waals surface area contributed by atoms with Crippen LogP contribution in [0.25, 0.3) is 5.82 Å². The van der Waals surface area contributed by atoms with E-state index in [0.29, 0.717) is 14.8 Å². The van der Waals surface area contributed by atoms with E-state index in [2.05, 4.69) is 46.7 Å². The molecule has 0 unspecified atom stereocenters. The molecule has 2 N–H and O–H groups in total.